The first kappa shape index (κ1) is 7.50. The monoisotopic (exact) mass is 144 g/mol. The van der Waals surface area contributed by atoms with Crippen molar-refractivity contribution in [2.24, 2.45) is 5.90 Å². The fraction of sp³-hybridized carbons (Fsp3) is 0.833. The molecule has 0 unspecified atom stereocenters. The van der Waals surface area contributed by atoms with E-state index >= 15 is 0 Å². The van der Waals surface area contributed by atoms with E-state index in [0.717, 1.165) is 25.8 Å². The van der Waals surface area contributed by atoms with E-state index in [1.54, 1.807) is 0 Å². The summed E-state index contributed by atoms with van der Waals surface area (Å²) in [5.41, 5.74) is 0. The third kappa shape index (κ3) is 1.68. The van der Waals surface area contributed by atoms with Gasteiger partial charge in [-0.3, -0.25) is 0 Å². The summed E-state index contributed by atoms with van der Waals surface area (Å²) < 4.78 is 0. The number of hydrogen-bond donors (Lipinski definition) is 2. The van der Waals surface area contributed by atoms with Gasteiger partial charge in [-0.25, -0.2) is 4.79 Å². The van der Waals surface area contributed by atoms with E-state index in [2.05, 4.69) is 10.2 Å². The molecular weight excluding hydrogens is 132 g/mol. The second-order valence-electron chi connectivity index (χ2n) is 2.44. The van der Waals surface area contributed by atoms with Gasteiger partial charge in [0.05, 0.1) is 0 Å². The SMILES string of the molecule is NOC(=O)[C@@H]1CCCCN1. The average molecular weight is 144 g/mol. The van der Waals surface area contributed by atoms with Crippen LogP contribution in [0, 0.1) is 0 Å². The van der Waals surface area contributed by atoms with E-state index in [9.17, 15) is 4.79 Å². The molecule has 4 heteroatoms. The first-order valence-corrected chi connectivity index (χ1v) is 3.48. The Morgan fingerprint density at radius 3 is 2.90 bits per heavy atom. The molecule has 0 aromatic heterocycles. The van der Waals surface area contributed by atoms with Crippen LogP contribution < -0.4 is 11.2 Å². The molecular formula is C6H12N2O2. The van der Waals surface area contributed by atoms with Crippen molar-refractivity contribution >= 4 is 5.97 Å². The quantitative estimate of drug-likeness (QED) is 0.489. The molecule has 0 bridgehead atoms. The fourth-order valence-electron chi connectivity index (χ4n) is 1.14. The third-order valence-electron chi connectivity index (χ3n) is 1.71. The molecule has 1 rings (SSSR count). The zero-order chi connectivity index (χ0) is 7.40. The zero-order valence-corrected chi connectivity index (χ0v) is 5.80. The van der Waals surface area contributed by atoms with Crippen molar-refractivity contribution < 1.29 is 9.63 Å². The Morgan fingerprint density at radius 1 is 1.60 bits per heavy atom. The van der Waals surface area contributed by atoms with Gasteiger partial charge in [-0.1, -0.05) is 6.42 Å². The molecule has 10 heavy (non-hydrogen) atoms. The molecule has 1 aliphatic rings. The molecule has 1 aliphatic heterocycles. The molecule has 1 saturated heterocycles. The summed E-state index contributed by atoms with van der Waals surface area (Å²) in [6.07, 6.45) is 3.05. The number of nitrogens with one attached hydrogen (secondary N) is 1. The van der Waals surface area contributed by atoms with Crippen LogP contribution >= 0.6 is 0 Å². The number of hydrogen-bond acceptors (Lipinski definition) is 4. The van der Waals surface area contributed by atoms with Gasteiger partial charge < -0.3 is 10.2 Å². The number of carbonyl (C=O) groups excluding carboxylic acids is 1. The summed E-state index contributed by atoms with van der Waals surface area (Å²) in [5, 5.41) is 3.02. The number of piperidine rings is 1. The standard InChI is InChI=1S/C6H12N2O2/c7-10-6(9)5-3-1-2-4-8-5/h5,8H,1-4,7H2/t5-/m0/s1. The Balaban J connectivity index is 2.31. The summed E-state index contributed by atoms with van der Waals surface area (Å²) in [4.78, 5) is 14.8. The minimum Gasteiger partial charge on any atom is -0.372 e. The first-order chi connectivity index (χ1) is 4.84. The molecule has 0 spiro atoms. The van der Waals surface area contributed by atoms with E-state index in [1.807, 2.05) is 0 Å². The Hall–Kier alpha value is -0.610. The molecule has 3 N–H and O–H groups in total. The lowest BCUT2D eigenvalue weighted by atomic mass is 10.1. The van der Waals surface area contributed by atoms with Crippen LogP contribution in [-0.2, 0) is 9.63 Å². The van der Waals surface area contributed by atoms with Crippen LogP contribution in [0.15, 0.2) is 0 Å². The second kappa shape index (κ2) is 3.53. The van der Waals surface area contributed by atoms with Crippen LogP contribution in [0.25, 0.3) is 0 Å². The van der Waals surface area contributed by atoms with Crippen molar-refractivity contribution in [1.29, 1.82) is 0 Å². The number of nitrogens with two attached hydrogens (primary N) is 1. The van der Waals surface area contributed by atoms with Gasteiger partial charge in [0, 0.05) is 0 Å². The van der Waals surface area contributed by atoms with Crippen LogP contribution in [0.2, 0.25) is 0 Å². The summed E-state index contributed by atoms with van der Waals surface area (Å²) >= 11 is 0. The van der Waals surface area contributed by atoms with Crippen molar-refractivity contribution in [2.45, 2.75) is 25.3 Å². The normalized spacial score (nSPS) is 25.9. The van der Waals surface area contributed by atoms with Gasteiger partial charge in [0.15, 0.2) is 0 Å². The minimum absolute atomic E-state index is 0.168. The Kier molecular flexibility index (Phi) is 2.65. The summed E-state index contributed by atoms with van der Waals surface area (Å²) in [6.45, 7) is 0.889. The molecule has 0 amide bonds. The van der Waals surface area contributed by atoms with Gasteiger partial charge in [-0.15, -0.1) is 0 Å². The van der Waals surface area contributed by atoms with Crippen LogP contribution in [0.4, 0.5) is 0 Å². The molecule has 1 atom stereocenters. The average Bonchev–Trinajstić information content (AvgIpc) is 2.05. The van der Waals surface area contributed by atoms with E-state index in [1.165, 1.54) is 0 Å². The highest BCUT2D eigenvalue weighted by atomic mass is 16.7. The van der Waals surface area contributed by atoms with Crippen molar-refractivity contribution in [3.05, 3.63) is 0 Å². The van der Waals surface area contributed by atoms with Crippen LogP contribution in [0.3, 0.4) is 0 Å². The minimum atomic E-state index is -0.347. The van der Waals surface area contributed by atoms with Gasteiger partial charge in [-0.05, 0) is 19.4 Å². The molecule has 0 radical (unpaired) electrons. The fourth-order valence-corrected chi connectivity index (χ4v) is 1.14. The van der Waals surface area contributed by atoms with Crippen LogP contribution in [0.5, 0.6) is 0 Å². The zero-order valence-electron chi connectivity index (χ0n) is 5.80. The highest BCUT2D eigenvalue weighted by Gasteiger charge is 2.20. The van der Waals surface area contributed by atoms with Crippen molar-refractivity contribution in [3.8, 4) is 0 Å². The van der Waals surface area contributed by atoms with Gasteiger partial charge in [0.25, 0.3) is 0 Å². The van der Waals surface area contributed by atoms with Crippen molar-refractivity contribution in [1.82, 2.24) is 5.32 Å². The molecule has 0 saturated carbocycles. The number of carbonyl (C=O) groups is 1. The summed E-state index contributed by atoms with van der Waals surface area (Å²) in [5.74, 6) is 4.37. The van der Waals surface area contributed by atoms with E-state index in [0.29, 0.717) is 0 Å². The van der Waals surface area contributed by atoms with E-state index < -0.39 is 0 Å². The van der Waals surface area contributed by atoms with Crippen molar-refractivity contribution in [2.75, 3.05) is 6.54 Å². The molecule has 1 heterocycles. The van der Waals surface area contributed by atoms with Gasteiger partial charge in [-0.2, -0.15) is 5.90 Å². The predicted octanol–water partition coefficient (Wildman–Crippen LogP) is -0.455. The van der Waals surface area contributed by atoms with Crippen molar-refractivity contribution in [3.63, 3.8) is 0 Å². The smallest absolute Gasteiger partial charge is 0.341 e. The molecule has 0 aromatic carbocycles. The Bertz CT molecular complexity index is 121. The second-order valence-corrected chi connectivity index (χ2v) is 2.44. The lowest BCUT2D eigenvalue weighted by Crippen LogP contribution is -2.42. The maximum Gasteiger partial charge on any atom is 0.341 e. The molecule has 58 valence electrons. The lowest BCUT2D eigenvalue weighted by molar-refractivity contribution is -0.147. The summed E-state index contributed by atoms with van der Waals surface area (Å²) in [6, 6.07) is -0.168. The topological polar surface area (TPSA) is 64.3 Å². The largest absolute Gasteiger partial charge is 0.372 e. The third-order valence-corrected chi connectivity index (χ3v) is 1.71. The molecule has 0 aliphatic carbocycles. The number of rotatable bonds is 1. The molecule has 0 aromatic rings. The summed E-state index contributed by atoms with van der Waals surface area (Å²) in [7, 11) is 0. The van der Waals surface area contributed by atoms with Gasteiger partial charge >= 0.3 is 5.97 Å². The van der Waals surface area contributed by atoms with E-state index in [-0.39, 0.29) is 12.0 Å². The predicted molar refractivity (Wildman–Crippen MR) is 35.9 cm³/mol. The maximum absolute atomic E-state index is 10.8. The van der Waals surface area contributed by atoms with Gasteiger partial charge in [0.1, 0.15) is 6.04 Å². The Labute approximate surface area is 59.7 Å². The van der Waals surface area contributed by atoms with Crippen LogP contribution in [-0.4, -0.2) is 18.6 Å². The Morgan fingerprint density at radius 2 is 2.40 bits per heavy atom. The molecule has 4 nitrogen and oxygen atoms in total. The highest BCUT2D eigenvalue weighted by molar-refractivity contribution is 5.75. The molecule has 1 fully saturated rings. The lowest BCUT2D eigenvalue weighted by Gasteiger charge is -2.19. The maximum atomic E-state index is 10.8. The highest BCUT2D eigenvalue weighted by Crippen LogP contribution is 2.06. The van der Waals surface area contributed by atoms with Crippen LogP contribution in [0.1, 0.15) is 19.3 Å². The van der Waals surface area contributed by atoms with E-state index in [4.69, 9.17) is 5.90 Å². The van der Waals surface area contributed by atoms with Gasteiger partial charge in [0.2, 0.25) is 0 Å². The first-order valence-electron chi connectivity index (χ1n) is 3.48.